The van der Waals surface area contributed by atoms with Crippen LogP contribution in [0.15, 0.2) is 29.3 Å². The Morgan fingerprint density at radius 2 is 1.90 bits per heavy atom. The number of rotatable bonds is 5. The number of urea groups is 1. The van der Waals surface area contributed by atoms with Crippen molar-refractivity contribution in [2.75, 3.05) is 26.3 Å². The standard InChI is InChI=1S/C21H29N5O3S/c1-14(18(27)24-20(28)25-21(2,3)4)30-19-15-7-5-6-8-16(15)22-17(23-19)13-26-9-11-29-12-10-26/h5-8,14H,9-13H2,1-4H3,(H2,24,25,27,28). The van der Waals surface area contributed by atoms with E-state index in [1.807, 2.05) is 45.0 Å². The van der Waals surface area contributed by atoms with Crippen molar-refractivity contribution in [2.45, 2.75) is 50.1 Å². The number of fused-ring (bicyclic) bond motifs is 1. The molecule has 2 heterocycles. The molecular formula is C21H29N5O3S. The van der Waals surface area contributed by atoms with Gasteiger partial charge in [-0.3, -0.25) is 15.0 Å². The summed E-state index contributed by atoms with van der Waals surface area (Å²) in [4.78, 5) is 36.2. The number of carbonyl (C=O) groups is 2. The summed E-state index contributed by atoms with van der Waals surface area (Å²) in [6.45, 7) is 11.1. The zero-order valence-electron chi connectivity index (χ0n) is 17.9. The number of nitrogens with zero attached hydrogens (tertiary/aromatic N) is 3. The van der Waals surface area contributed by atoms with E-state index in [4.69, 9.17) is 14.7 Å². The van der Waals surface area contributed by atoms with Crippen LogP contribution in [0, 0.1) is 0 Å². The van der Waals surface area contributed by atoms with Gasteiger partial charge < -0.3 is 10.1 Å². The normalized spacial score (nSPS) is 16.3. The second-order valence-corrected chi connectivity index (χ2v) is 9.63. The second-order valence-electron chi connectivity index (χ2n) is 8.30. The molecule has 2 aromatic rings. The van der Waals surface area contributed by atoms with Crippen LogP contribution >= 0.6 is 11.8 Å². The predicted octanol–water partition coefficient (Wildman–Crippen LogP) is 2.57. The van der Waals surface area contributed by atoms with Crippen molar-refractivity contribution in [2.24, 2.45) is 0 Å². The van der Waals surface area contributed by atoms with Crippen molar-refractivity contribution in [3.63, 3.8) is 0 Å². The predicted molar refractivity (Wildman–Crippen MR) is 117 cm³/mol. The van der Waals surface area contributed by atoms with Gasteiger partial charge in [-0.15, -0.1) is 0 Å². The van der Waals surface area contributed by atoms with Gasteiger partial charge in [0.1, 0.15) is 10.9 Å². The van der Waals surface area contributed by atoms with Crippen LogP contribution in [0.25, 0.3) is 10.9 Å². The first-order valence-corrected chi connectivity index (χ1v) is 10.9. The van der Waals surface area contributed by atoms with Gasteiger partial charge >= 0.3 is 6.03 Å². The van der Waals surface area contributed by atoms with Gasteiger partial charge in [0.15, 0.2) is 0 Å². The molecule has 8 nitrogen and oxygen atoms in total. The van der Waals surface area contributed by atoms with E-state index < -0.39 is 16.8 Å². The zero-order chi connectivity index (χ0) is 21.7. The third kappa shape index (κ3) is 6.38. The molecule has 1 aliphatic rings. The van der Waals surface area contributed by atoms with Crippen molar-refractivity contribution >= 4 is 34.6 Å². The van der Waals surface area contributed by atoms with Crippen molar-refractivity contribution in [3.05, 3.63) is 30.1 Å². The summed E-state index contributed by atoms with van der Waals surface area (Å²) in [5.41, 5.74) is 0.425. The summed E-state index contributed by atoms with van der Waals surface area (Å²) in [6.07, 6.45) is 0. The van der Waals surface area contributed by atoms with E-state index in [-0.39, 0.29) is 5.91 Å². The van der Waals surface area contributed by atoms with E-state index >= 15 is 0 Å². The molecule has 9 heteroatoms. The minimum atomic E-state index is -0.500. The third-order valence-corrected chi connectivity index (χ3v) is 5.57. The van der Waals surface area contributed by atoms with Gasteiger partial charge in [-0.2, -0.15) is 0 Å². The fraction of sp³-hybridized carbons (Fsp3) is 0.524. The quantitative estimate of drug-likeness (QED) is 0.555. The van der Waals surface area contributed by atoms with E-state index in [9.17, 15) is 9.59 Å². The highest BCUT2D eigenvalue weighted by molar-refractivity contribution is 8.00. The van der Waals surface area contributed by atoms with E-state index in [1.165, 1.54) is 11.8 Å². The fourth-order valence-corrected chi connectivity index (χ4v) is 3.98. The summed E-state index contributed by atoms with van der Waals surface area (Å²) < 4.78 is 5.41. The smallest absolute Gasteiger partial charge is 0.321 e. The number of morpholine rings is 1. The Hall–Kier alpha value is -2.23. The van der Waals surface area contributed by atoms with Gasteiger partial charge in [0.25, 0.3) is 0 Å². The summed E-state index contributed by atoms with van der Waals surface area (Å²) in [5, 5.41) is 6.28. The molecule has 162 valence electrons. The molecule has 1 aromatic carbocycles. The Kier molecular flexibility index (Phi) is 7.27. The average Bonchev–Trinajstić information content (AvgIpc) is 2.67. The van der Waals surface area contributed by atoms with Crippen molar-refractivity contribution in [1.29, 1.82) is 0 Å². The maximum absolute atomic E-state index is 12.5. The number of nitrogens with one attached hydrogen (secondary N) is 2. The van der Waals surface area contributed by atoms with Crippen LogP contribution < -0.4 is 10.6 Å². The number of thioether (sulfide) groups is 1. The molecule has 0 radical (unpaired) electrons. The summed E-state index contributed by atoms with van der Waals surface area (Å²) >= 11 is 1.33. The van der Waals surface area contributed by atoms with E-state index in [0.29, 0.717) is 19.8 Å². The highest BCUT2D eigenvalue weighted by Crippen LogP contribution is 2.29. The largest absolute Gasteiger partial charge is 0.379 e. The maximum atomic E-state index is 12.5. The van der Waals surface area contributed by atoms with Gasteiger partial charge in [0.2, 0.25) is 5.91 Å². The molecule has 0 aliphatic carbocycles. The molecule has 0 saturated carbocycles. The Labute approximate surface area is 181 Å². The Bertz CT molecular complexity index is 909. The molecule has 1 fully saturated rings. The molecule has 1 atom stereocenters. The first kappa shape index (κ1) is 22.5. The molecule has 2 N–H and O–H groups in total. The monoisotopic (exact) mass is 431 g/mol. The number of hydrogen-bond donors (Lipinski definition) is 2. The lowest BCUT2D eigenvalue weighted by atomic mass is 10.1. The number of imide groups is 1. The first-order valence-electron chi connectivity index (χ1n) is 10.1. The second kappa shape index (κ2) is 9.72. The lowest BCUT2D eigenvalue weighted by molar-refractivity contribution is -0.119. The zero-order valence-corrected chi connectivity index (χ0v) is 18.7. The van der Waals surface area contributed by atoms with Gasteiger partial charge in [0, 0.05) is 24.0 Å². The number of para-hydroxylation sites is 1. The van der Waals surface area contributed by atoms with Crippen LogP contribution in [0.4, 0.5) is 4.79 Å². The minimum absolute atomic E-state index is 0.362. The number of benzene rings is 1. The average molecular weight is 432 g/mol. The van der Waals surface area contributed by atoms with E-state index in [0.717, 1.165) is 34.8 Å². The maximum Gasteiger partial charge on any atom is 0.321 e. The topological polar surface area (TPSA) is 96.4 Å². The van der Waals surface area contributed by atoms with Gasteiger partial charge in [0.05, 0.1) is 30.5 Å². The molecular weight excluding hydrogens is 402 g/mol. The number of amides is 3. The minimum Gasteiger partial charge on any atom is -0.379 e. The van der Waals surface area contributed by atoms with Crippen molar-refractivity contribution in [3.8, 4) is 0 Å². The molecule has 1 aromatic heterocycles. The summed E-state index contributed by atoms with van der Waals surface area (Å²) in [7, 11) is 0. The highest BCUT2D eigenvalue weighted by atomic mass is 32.2. The molecule has 30 heavy (non-hydrogen) atoms. The molecule has 0 bridgehead atoms. The molecule has 0 spiro atoms. The van der Waals surface area contributed by atoms with Crippen LogP contribution in [-0.4, -0.2) is 63.9 Å². The van der Waals surface area contributed by atoms with Gasteiger partial charge in [-0.25, -0.2) is 14.8 Å². The molecule has 3 amide bonds. The molecule has 1 saturated heterocycles. The Balaban J connectivity index is 1.74. The molecule has 1 unspecified atom stereocenters. The van der Waals surface area contributed by atoms with Gasteiger partial charge in [-0.1, -0.05) is 30.0 Å². The van der Waals surface area contributed by atoms with E-state index in [1.54, 1.807) is 6.92 Å². The highest BCUT2D eigenvalue weighted by Gasteiger charge is 2.22. The van der Waals surface area contributed by atoms with Crippen LogP contribution in [0.5, 0.6) is 0 Å². The number of ether oxygens (including phenoxy) is 1. The Morgan fingerprint density at radius 1 is 1.20 bits per heavy atom. The van der Waals surface area contributed by atoms with Crippen molar-refractivity contribution < 1.29 is 14.3 Å². The molecule has 3 rings (SSSR count). The first-order chi connectivity index (χ1) is 14.2. The molecule has 1 aliphatic heterocycles. The van der Waals surface area contributed by atoms with Gasteiger partial charge in [-0.05, 0) is 33.8 Å². The van der Waals surface area contributed by atoms with Crippen LogP contribution in [0.3, 0.4) is 0 Å². The van der Waals surface area contributed by atoms with Crippen LogP contribution in [0.2, 0.25) is 0 Å². The summed E-state index contributed by atoms with van der Waals surface area (Å²) in [5.74, 6) is 0.357. The number of aromatic nitrogens is 2. The Morgan fingerprint density at radius 3 is 2.60 bits per heavy atom. The fourth-order valence-electron chi connectivity index (χ4n) is 3.02. The SMILES string of the molecule is CC(Sc1nc(CN2CCOCC2)nc2ccccc12)C(=O)NC(=O)NC(C)(C)C. The lowest BCUT2D eigenvalue weighted by Crippen LogP contribution is -2.49. The van der Waals surface area contributed by atoms with Crippen LogP contribution in [0.1, 0.15) is 33.5 Å². The number of hydrogen-bond acceptors (Lipinski definition) is 7. The van der Waals surface area contributed by atoms with Crippen LogP contribution in [-0.2, 0) is 16.1 Å². The van der Waals surface area contributed by atoms with E-state index in [2.05, 4.69) is 15.5 Å². The van der Waals surface area contributed by atoms with Crippen molar-refractivity contribution in [1.82, 2.24) is 25.5 Å². The summed E-state index contributed by atoms with van der Waals surface area (Å²) in [6, 6.07) is 7.27. The number of carbonyl (C=O) groups excluding carboxylic acids is 2. The lowest BCUT2D eigenvalue weighted by Gasteiger charge is -2.26. The third-order valence-electron chi connectivity index (χ3n) is 4.47.